The van der Waals surface area contributed by atoms with Crippen LogP contribution in [0.25, 0.3) is 0 Å². The third-order valence-electron chi connectivity index (χ3n) is 5.60. The maximum Gasteiger partial charge on any atom is 0.243 e. The molecule has 0 saturated heterocycles. The fourth-order valence-electron chi connectivity index (χ4n) is 3.57. The van der Waals surface area contributed by atoms with Gasteiger partial charge in [0.15, 0.2) is 11.5 Å². The molecule has 178 valence electrons. The molecule has 1 aliphatic rings. The Bertz CT molecular complexity index is 917. The lowest BCUT2D eigenvalue weighted by molar-refractivity contribution is -0.131. The molecule has 2 atom stereocenters. The Morgan fingerprint density at radius 1 is 0.879 bits per heavy atom. The van der Waals surface area contributed by atoms with Crippen LogP contribution in [-0.4, -0.2) is 37.6 Å². The molecule has 1 aliphatic heterocycles. The Kier molecular flexibility index (Phi) is 9.13. The number of ether oxygens (including phenoxy) is 2. The van der Waals surface area contributed by atoms with Crippen molar-refractivity contribution in [2.75, 3.05) is 19.8 Å². The Balaban J connectivity index is 1.48. The van der Waals surface area contributed by atoms with Crippen molar-refractivity contribution in [3.8, 4) is 11.5 Å². The van der Waals surface area contributed by atoms with Gasteiger partial charge in [0.2, 0.25) is 11.8 Å². The van der Waals surface area contributed by atoms with E-state index >= 15 is 0 Å². The van der Waals surface area contributed by atoms with Crippen LogP contribution in [0.2, 0.25) is 0 Å². The Morgan fingerprint density at radius 2 is 1.61 bits per heavy atom. The van der Waals surface area contributed by atoms with Crippen LogP contribution < -0.4 is 25.4 Å². The minimum Gasteiger partial charge on any atom is -0.490 e. The largest absolute Gasteiger partial charge is 0.490 e. The molecular weight excluding hydrogens is 418 g/mol. The maximum absolute atomic E-state index is 12.9. The molecule has 33 heavy (non-hydrogen) atoms. The third-order valence-corrected chi connectivity index (χ3v) is 5.60. The molecule has 3 rings (SSSR count). The Hall–Kier alpha value is -3.06. The van der Waals surface area contributed by atoms with Crippen LogP contribution in [0.3, 0.4) is 0 Å². The molecule has 0 aliphatic carbocycles. The van der Waals surface area contributed by atoms with Crippen LogP contribution >= 0.6 is 0 Å². The molecule has 2 aromatic carbocycles. The highest BCUT2D eigenvalue weighted by Gasteiger charge is 2.26. The average Bonchev–Trinajstić information content (AvgIpc) is 3.06. The van der Waals surface area contributed by atoms with Crippen molar-refractivity contribution >= 4 is 11.8 Å². The summed E-state index contributed by atoms with van der Waals surface area (Å²) in [5.41, 5.74) is 2.08. The molecule has 1 heterocycles. The van der Waals surface area contributed by atoms with E-state index in [1.807, 2.05) is 69.3 Å². The van der Waals surface area contributed by atoms with Gasteiger partial charge in [-0.1, -0.05) is 57.2 Å². The van der Waals surface area contributed by atoms with Gasteiger partial charge in [0.25, 0.3) is 0 Å². The van der Waals surface area contributed by atoms with E-state index in [-0.39, 0.29) is 23.7 Å². The lowest BCUT2D eigenvalue weighted by Gasteiger charge is -2.24. The number of fused-ring (bicyclic) bond motifs is 1. The van der Waals surface area contributed by atoms with Crippen molar-refractivity contribution in [1.82, 2.24) is 16.0 Å². The number of carbonyl (C=O) groups excluding carboxylic acids is 2. The standard InChI is InChI=1S/C26H35N3O4/c1-18(2)24(29-25(30)19(3)15-27-16-20-8-5-4-6-9-20)26(31)28-17-21-10-11-22-23(14-21)33-13-7-12-32-22/h4-6,8-11,14,18-19,24,27H,7,12-13,15-17H2,1-3H3,(H,28,31)(H,29,30)/t19?,24-/m0/s1. The highest BCUT2D eigenvalue weighted by molar-refractivity contribution is 5.88. The first kappa shape index (κ1) is 24.6. The summed E-state index contributed by atoms with van der Waals surface area (Å²) in [7, 11) is 0. The first-order valence-corrected chi connectivity index (χ1v) is 11.6. The monoisotopic (exact) mass is 453 g/mol. The van der Waals surface area contributed by atoms with Gasteiger partial charge >= 0.3 is 0 Å². The van der Waals surface area contributed by atoms with Gasteiger partial charge in [0, 0.05) is 32.0 Å². The highest BCUT2D eigenvalue weighted by atomic mass is 16.5. The summed E-state index contributed by atoms with van der Waals surface area (Å²) in [6.45, 7) is 8.55. The van der Waals surface area contributed by atoms with Gasteiger partial charge in [0.05, 0.1) is 13.2 Å². The van der Waals surface area contributed by atoms with E-state index in [4.69, 9.17) is 9.47 Å². The van der Waals surface area contributed by atoms with Gasteiger partial charge in [-0.3, -0.25) is 9.59 Å². The molecule has 0 aromatic heterocycles. The van der Waals surface area contributed by atoms with Crippen LogP contribution in [0.5, 0.6) is 11.5 Å². The summed E-state index contributed by atoms with van der Waals surface area (Å²) in [5.74, 6) is 0.788. The van der Waals surface area contributed by atoms with Crippen molar-refractivity contribution < 1.29 is 19.1 Å². The molecule has 7 heteroatoms. The Morgan fingerprint density at radius 3 is 2.33 bits per heavy atom. The predicted octanol–water partition coefficient (Wildman–Crippen LogP) is 3.03. The highest BCUT2D eigenvalue weighted by Crippen LogP contribution is 2.30. The second-order valence-electron chi connectivity index (χ2n) is 8.80. The second kappa shape index (κ2) is 12.3. The molecule has 1 unspecified atom stereocenters. The summed E-state index contributed by atoms with van der Waals surface area (Å²) < 4.78 is 11.4. The molecule has 0 fully saturated rings. The molecule has 2 amide bonds. The van der Waals surface area contributed by atoms with Crippen LogP contribution in [-0.2, 0) is 22.7 Å². The third kappa shape index (κ3) is 7.49. The van der Waals surface area contributed by atoms with Crippen LogP contribution in [0.4, 0.5) is 0 Å². The Labute approximate surface area is 196 Å². The van der Waals surface area contributed by atoms with E-state index in [2.05, 4.69) is 16.0 Å². The van der Waals surface area contributed by atoms with Crippen LogP contribution in [0.15, 0.2) is 48.5 Å². The van der Waals surface area contributed by atoms with Gasteiger partial charge in [-0.2, -0.15) is 0 Å². The predicted molar refractivity (Wildman–Crippen MR) is 128 cm³/mol. The van der Waals surface area contributed by atoms with E-state index in [9.17, 15) is 9.59 Å². The van der Waals surface area contributed by atoms with E-state index in [1.165, 1.54) is 5.56 Å². The maximum atomic E-state index is 12.9. The van der Waals surface area contributed by atoms with E-state index in [1.54, 1.807) is 0 Å². The molecule has 0 radical (unpaired) electrons. The summed E-state index contributed by atoms with van der Waals surface area (Å²) in [6, 6.07) is 15.1. The normalized spacial score (nSPS) is 14.8. The zero-order chi connectivity index (χ0) is 23.6. The first-order chi connectivity index (χ1) is 15.9. The summed E-state index contributed by atoms with van der Waals surface area (Å²) in [6.07, 6.45) is 0.844. The average molecular weight is 454 g/mol. The summed E-state index contributed by atoms with van der Waals surface area (Å²) in [5, 5.41) is 9.18. The van der Waals surface area contributed by atoms with E-state index in [0.29, 0.717) is 38.6 Å². The molecule has 3 N–H and O–H groups in total. The van der Waals surface area contributed by atoms with Gasteiger partial charge in [-0.25, -0.2) is 0 Å². The fourth-order valence-corrected chi connectivity index (χ4v) is 3.57. The zero-order valence-electron chi connectivity index (χ0n) is 19.7. The molecule has 0 spiro atoms. The number of rotatable bonds is 10. The SMILES string of the molecule is CC(CNCc1ccccc1)C(=O)N[C@H](C(=O)NCc1ccc2c(c1)OCCCO2)C(C)C. The van der Waals surface area contributed by atoms with Crippen molar-refractivity contribution in [2.45, 2.75) is 46.3 Å². The quantitative estimate of drug-likeness (QED) is 0.515. The fraction of sp³-hybridized carbons (Fsp3) is 0.462. The number of hydrogen-bond donors (Lipinski definition) is 3. The minimum atomic E-state index is -0.602. The minimum absolute atomic E-state index is 0.0396. The van der Waals surface area contributed by atoms with Crippen molar-refractivity contribution in [2.24, 2.45) is 11.8 Å². The van der Waals surface area contributed by atoms with Gasteiger partial charge < -0.3 is 25.4 Å². The van der Waals surface area contributed by atoms with Gasteiger partial charge in [-0.05, 0) is 29.2 Å². The zero-order valence-corrected chi connectivity index (χ0v) is 19.7. The number of carbonyl (C=O) groups is 2. The van der Waals surface area contributed by atoms with Gasteiger partial charge in [0.1, 0.15) is 6.04 Å². The van der Waals surface area contributed by atoms with E-state index in [0.717, 1.165) is 17.7 Å². The molecule has 0 bridgehead atoms. The molecule has 7 nitrogen and oxygen atoms in total. The lowest BCUT2D eigenvalue weighted by Crippen LogP contribution is -2.51. The number of nitrogens with one attached hydrogen (secondary N) is 3. The van der Waals surface area contributed by atoms with Crippen molar-refractivity contribution in [3.05, 3.63) is 59.7 Å². The molecule has 2 aromatic rings. The topological polar surface area (TPSA) is 88.7 Å². The number of hydrogen-bond acceptors (Lipinski definition) is 5. The van der Waals surface area contributed by atoms with Crippen LogP contribution in [0, 0.1) is 11.8 Å². The number of amides is 2. The first-order valence-electron chi connectivity index (χ1n) is 11.6. The van der Waals surface area contributed by atoms with E-state index < -0.39 is 6.04 Å². The van der Waals surface area contributed by atoms with Gasteiger partial charge in [-0.15, -0.1) is 0 Å². The smallest absolute Gasteiger partial charge is 0.243 e. The molecular formula is C26H35N3O4. The van der Waals surface area contributed by atoms with Crippen molar-refractivity contribution in [1.29, 1.82) is 0 Å². The van der Waals surface area contributed by atoms with Crippen molar-refractivity contribution in [3.63, 3.8) is 0 Å². The molecule has 0 saturated carbocycles. The van der Waals surface area contributed by atoms with Crippen LogP contribution in [0.1, 0.15) is 38.3 Å². The number of benzene rings is 2. The summed E-state index contributed by atoms with van der Waals surface area (Å²) >= 11 is 0. The summed E-state index contributed by atoms with van der Waals surface area (Å²) in [4.78, 5) is 25.6. The second-order valence-corrected chi connectivity index (χ2v) is 8.80. The lowest BCUT2D eigenvalue weighted by atomic mass is 10.0.